The summed E-state index contributed by atoms with van der Waals surface area (Å²) in [7, 11) is 0. The van der Waals surface area contributed by atoms with Gasteiger partial charge in [-0.05, 0) is 40.0 Å². The van der Waals surface area contributed by atoms with Gasteiger partial charge < -0.3 is 9.47 Å². The van der Waals surface area contributed by atoms with Crippen molar-refractivity contribution in [2.75, 3.05) is 0 Å². The normalized spacial score (nSPS) is 23.6. The molecule has 0 spiro atoms. The average molecular weight is 240 g/mol. The van der Waals surface area contributed by atoms with Crippen molar-refractivity contribution in [1.82, 2.24) is 0 Å². The molecule has 0 radical (unpaired) electrons. The summed E-state index contributed by atoms with van der Waals surface area (Å²) in [6.07, 6.45) is 3.40. The van der Waals surface area contributed by atoms with Crippen LogP contribution in [0.5, 0.6) is 0 Å². The third-order valence-electron chi connectivity index (χ3n) is 2.47. The molecular weight excluding hydrogens is 220 g/mol. The van der Waals surface area contributed by atoms with Gasteiger partial charge in [0, 0.05) is 0 Å². The lowest BCUT2D eigenvalue weighted by Crippen LogP contribution is -2.51. The highest BCUT2D eigenvalue weighted by atomic mass is 16.6. The number of carbonyl (C=O) groups excluding carboxylic acids is 2. The lowest BCUT2D eigenvalue weighted by molar-refractivity contribution is -0.204. The molecule has 4 nitrogen and oxygen atoms in total. The highest BCUT2D eigenvalue weighted by Gasteiger charge is 2.48. The van der Waals surface area contributed by atoms with Crippen molar-refractivity contribution in [2.45, 2.75) is 51.7 Å². The van der Waals surface area contributed by atoms with Gasteiger partial charge in [0.2, 0.25) is 6.10 Å². The Balaban J connectivity index is 2.45. The minimum atomic E-state index is -0.716. The predicted octanol–water partition coefficient (Wildman–Crippen LogP) is 2.23. The Bertz CT molecular complexity index is 314. The largest absolute Gasteiger partial charge is 0.457 e. The SMILES string of the molecule is C=CCCC[C@H]1C(=O)O[C@@H]1C(=O)OC(C)(C)C. The summed E-state index contributed by atoms with van der Waals surface area (Å²) in [4.78, 5) is 23.0. The van der Waals surface area contributed by atoms with Crippen LogP contribution in [0.15, 0.2) is 12.7 Å². The van der Waals surface area contributed by atoms with Crippen LogP contribution in [0.3, 0.4) is 0 Å². The zero-order valence-corrected chi connectivity index (χ0v) is 10.7. The molecule has 0 aromatic carbocycles. The molecule has 1 saturated heterocycles. The van der Waals surface area contributed by atoms with Crippen LogP contribution in [-0.4, -0.2) is 23.6 Å². The zero-order chi connectivity index (χ0) is 13.1. The van der Waals surface area contributed by atoms with E-state index in [1.54, 1.807) is 26.8 Å². The van der Waals surface area contributed by atoms with Gasteiger partial charge in [-0.3, -0.25) is 4.79 Å². The van der Waals surface area contributed by atoms with Crippen molar-refractivity contribution in [3.05, 3.63) is 12.7 Å². The molecule has 0 aromatic heterocycles. The molecular formula is C13H20O4. The first-order chi connectivity index (χ1) is 7.85. The minimum Gasteiger partial charge on any atom is -0.457 e. The second-order valence-electron chi connectivity index (χ2n) is 5.22. The smallest absolute Gasteiger partial charge is 0.348 e. The van der Waals surface area contributed by atoms with E-state index in [0.717, 1.165) is 12.8 Å². The summed E-state index contributed by atoms with van der Waals surface area (Å²) in [6, 6.07) is 0. The highest BCUT2D eigenvalue weighted by molar-refractivity contribution is 5.91. The molecule has 96 valence electrons. The number of hydrogen-bond acceptors (Lipinski definition) is 4. The van der Waals surface area contributed by atoms with Crippen molar-refractivity contribution in [2.24, 2.45) is 5.92 Å². The molecule has 1 heterocycles. The van der Waals surface area contributed by atoms with Crippen LogP contribution in [0.4, 0.5) is 0 Å². The van der Waals surface area contributed by atoms with E-state index in [2.05, 4.69) is 6.58 Å². The topological polar surface area (TPSA) is 52.6 Å². The monoisotopic (exact) mass is 240 g/mol. The Labute approximate surface area is 102 Å². The minimum absolute atomic E-state index is 0.301. The first-order valence-corrected chi connectivity index (χ1v) is 5.89. The lowest BCUT2D eigenvalue weighted by atomic mass is 9.91. The average Bonchev–Trinajstić information content (AvgIpc) is 2.18. The quantitative estimate of drug-likeness (QED) is 0.420. The summed E-state index contributed by atoms with van der Waals surface area (Å²) >= 11 is 0. The molecule has 0 aliphatic carbocycles. The van der Waals surface area contributed by atoms with Crippen LogP contribution in [0.2, 0.25) is 0 Å². The maximum Gasteiger partial charge on any atom is 0.348 e. The lowest BCUT2D eigenvalue weighted by Gasteiger charge is -2.35. The molecule has 0 aromatic rings. The number of unbranched alkanes of at least 4 members (excludes halogenated alkanes) is 1. The van der Waals surface area contributed by atoms with Crippen molar-refractivity contribution in [3.63, 3.8) is 0 Å². The van der Waals surface area contributed by atoms with Gasteiger partial charge in [0.1, 0.15) is 11.5 Å². The third-order valence-corrected chi connectivity index (χ3v) is 2.47. The maximum atomic E-state index is 11.7. The molecule has 0 bridgehead atoms. The Morgan fingerprint density at radius 3 is 2.65 bits per heavy atom. The van der Waals surface area contributed by atoms with Crippen LogP contribution in [-0.2, 0) is 19.1 Å². The molecule has 0 unspecified atom stereocenters. The number of carbonyl (C=O) groups is 2. The van der Waals surface area contributed by atoms with Gasteiger partial charge in [0.25, 0.3) is 0 Å². The van der Waals surface area contributed by atoms with Gasteiger partial charge in [-0.1, -0.05) is 6.08 Å². The molecule has 1 fully saturated rings. The Morgan fingerprint density at radius 2 is 2.18 bits per heavy atom. The van der Waals surface area contributed by atoms with E-state index >= 15 is 0 Å². The van der Waals surface area contributed by atoms with Crippen LogP contribution >= 0.6 is 0 Å². The highest BCUT2D eigenvalue weighted by Crippen LogP contribution is 2.29. The number of rotatable bonds is 5. The third kappa shape index (κ3) is 3.88. The van der Waals surface area contributed by atoms with Crippen LogP contribution in [0.1, 0.15) is 40.0 Å². The van der Waals surface area contributed by atoms with E-state index in [0.29, 0.717) is 6.42 Å². The molecule has 1 rings (SSSR count). The summed E-state index contributed by atoms with van der Waals surface area (Å²) in [5, 5.41) is 0. The Morgan fingerprint density at radius 1 is 1.53 bits per heavy atom. The fourth-order valence-electron chi connectivity index (χ4n) is 1.67. The fraction of sp³-hybridized carbons (Fsp3) is 0.692. The van der Waals surface area contributed by atoms with E-state index in [9.17, 15) is 9.59 Å². The van der Waals surface area contributed by atoms with Gasteiger partial charge in [0.15, 0.2) is 0 Å². The van der Waals surface area contributed by atoms with Gasteiger partial charge in [-0.25, -0.2) is 4.79 Å². The van der Waals surface area contributed by atoms with E-state index < -0.39 is 17.7 Å². The van der Waals surface area contributed by atoms with Crippen molar-refractivity contribution in [1.29, 1.82) is 0 Å². The molecule has 1 aliphatic heterocycles. The number of hydrogen-bond donors (Lipinski definition) is 0. The van der Waals surface area contributed by atoms with Gasteiger partial charge >= 0.3 is 11.9 Å². The first-order valence-electron chi connectivity index (χ1n) is 5.89. The molecule has 2 atom stereocenters. The number of esters is 2. The first kappa shape index (κ1) is 13.7. The Kier molecular flexibility index (Phi) is 4.32. The second kappa shape index (κ2) is 5.34. The van der Waals surface area contributed by atoms with Gasteiger partial charge in [0.05, 0.1) is 0 Å². The van der Waals surface area contributed by atoms with Crippen LogP contribution in [0.25, 0.3) is 0 Å². The predicted molar refractivity (Wildman–Crippen MR) is 63.3 cm³/mol. The molecule has 0 N–H and O–H groups in total. The molecule has 0 saturated carbocycles. The second-order valence-corrected chi connectivity index (χ2v) is 5.22. The van der Waals surface area contributed by atoms with E-state index in [1.165, 1.54) is 0 Å². The standard InChI is InChI=1S/C13H20O4/c1-5-6-7-8-9-10(16-11(9)14)12(15)17-13(2,3)4/h5,9-10H,1,6-8H2,2-4H3/t9-,10+/m1/s1. The van der Waals surface area contributed by atoms with E-state index in [-0.39, 0.29) is 11.9 Å². The number of cyclic esters (lactones) is 1. The van der Waals surface area contributed by atoms with Crippen molar-refractivity contribution in [3.8, 4) is 0 Å². The molecule has 4 heteroatoms. The summed E-state index contributed by atoms with van der Waals surface area (Å²) in [5.41, 5.74) is -0.551. The van der Waals surface area contributed by atoms with Crippen LogP contribution < -0.4 is 0 Å². The zero-order valence-electron chi connectivity index (χ0n) is 10.7. The van der Waals surface area contributed by atoms with Gasteiger partial charge in [-0.15, -0.1) is 6.58 Å². The number of allylic oxidation sites excluding steroid dienone is 1. The molecule has 1 aliphatic rings. The van der Waals surface area contributed by atoms with Crippen LogP contribution in [0, 0.1) is 5.92 Å². The summed E-state index contributed by atoms with van der Waals surface area (Å²) in [6.45, 7) is 8.98. The number of ether oxygens (including phenoxy) is 2. The van der Waals surface area contributed by atoms with Gasteiger partial charge in [-0.2, -0.15) is 0 Å². The van der Waals surface area contributed by atoms with E-state index in [1.807, 2.05) is 0 Å². The fourth-order valence-corrected chi connectivity index (χ4v) is 1.67. The summed E-state index contributed by atoms with van der Waals surface area (Å²) in [5.74, 6) is -1.09. The van der Waals surface area contributed by atoms with E-state index in [4.69, 9.17) is 9.47 Å². The van der Waals surface area contributed by atoms with Crippen molar-refractivity contribution >= 4 is 11.9 Å². The maximum absolute atomic E-state index is 11.7. The Hall–Kier alpha value is -1.32. The van der Waals surface area contributed by atoms with Crippen molar-refractivity contribution < 1.29 is 19.1 Å². The molecule has 0 amide bonds. The molecule has 17 heavy (non-hydrogen) atoms. The summed E-state index contributed by atoms with van der Waals surface area (Å²) < 4.78 is 10.0.